The summed E-state index contributed by atoms with van der Waals surface area (Å²) in [6.07, 6.45) is 0.135. The van der Waals surface area contributed by atoms with Crippen molar-refractivity contribution in [3.8, 4) is 0 Å². The van der Waals surface area contributed by atoms with Crippen molar-refractivity contribution in [3.63, 3.8) is 0 Å². The Bertz CT molecular complexity index is 391. The molecule has 0 aliphatic rings. The van der Waals surface area contributed by atoms with Crippen LogP contribution in [-0.2, 0) is 21.8 Å². The molecule has 0 unspecified atom stereocenters. The minimum Gasteiger partial charge on any atom is -0.466 e. The van der Waals surface area contributed by atoms with Crippen molar-refractivity contribution >= 4 is 40.8 Å². The van der Waals surface area contributed by atoms with Crippen molar-refractivity contribution < 1.29 is 9.53 Å². The van der Waals surface area contributed by atoms with Gasteiger partial charge in [0.05, 0.1) is 13.0 Å². The highest BCUT2D eigenvalue weighted by atomic mass is 35.5. The van der Waals surface area contributed by atoms with Crippen molar-refractivity contribution in [1.82, 2.24) is 0 Å². The first-order chi connectivity index (χ1) is 7.58. The van der Waals surface area contributed by atoms with E-state index in [1.165, 1.54) is 0 Å². The van der Waals surface area contributed by atoms with Crippen molar-refractivity contribution in [2.45, 2.75) is 19.2 Å². The lowest BCUT2D eigenvalue weighted by atomic mass is 10.1. The monoisotopic (exact) mass is 280 g/mol. The average molecular weight is 282 g/mol. The molecule has 0 saturated heterocycles. The quantitative estimate of drug-likeness (QED) is 0.619. The Morgan fingerprint density at radius 2 is 2.06 bits per heavy atom. The third-order valence-corrected chi connectivity index (χ3v) is 2.85. The zero-order valence-corrected chi connectivity index (χ0v) is 11.0. The molecule has 0 bridgehead atoms. The maximum atomic E-state index is 11.4. The van der Waals surface area contributed by atoms with Crippen LogP contribution in [0.15, 0.2) is 12.1 Å². The van der Waals surface area contributed by atoms with Crippen LogP contribution in [0.2, 0.25) is 10.0 Å². The van der Waals surface area contributed by atoms with E-state index in [1.807, 2.05) is 0 Å². The molecule has 0 aromatic heterocycles. The Kier molecular flexibility index (Phi) is 5.39. The molecule has 0 heterocycles. The Labute approximate surface area is 109 Å². The molecular formula is C11H11Cl3O2. The van der Waals surface area contributed by atoms with Crippen LogP contribution in [0, 0.1) is 0 Å². The standard InChI is InChI=1S/C11H11Cl3O2/c1-2-16-11(15)4-7-3-8(13)5-10(14)9(7)6-12/h3,5H,2,4,6H2,1H3. The fraction of sp³-hybridized carbons (Fsp3) is 0.364. The summed E-state index contributed by atoms with van der Waals surface area (Å²) < 4.78 is 4.86. The van der Waals surface area contributed by atoms with Crippen LogP contribution in [-0.4, -0.2) is 12.6 Å². The molecule has 0 aliphatic carbocycles. The topological polar surface area (TPSA) is 26.3 Å². The summed E-state index contributed by atoms with van der Waals surface area (Å²) in [6, 6.07) is 3.29. The number of ether oxygens (including phenoxy) is 1. The molecular weight excluding hydrogens is 270 g/mol. The second-order valence-corrected chi connectivity index (χ2v) is 4.25. The van der Waals surface area contributed by atoms with E-state index in [2.05, 4.69) is 0 Å². The maximum absolute atomic E-state index is 11.4. The van der Waals surface area contributed by atoms with Gasteiger partial charge < -0.3 is 4.74 Å². The van der Waals surface area contributed by atoms with Crippen LogP contribution < -0.4 is 0 Å². The lowest BCUT2D eigenvalue weighted by Crippen LogP contribution is -2.09. The van der Waals surface area contributed by atoms with E-state index in [1.54, 1.807) is 19.1 Å². The summed E-state index contributed by atoms with van der Waals surface area (Å²) in [5, 5.41) is 0.958. The Hall–Kier alpha value is -0.440. The smallest absolute Gasteiger partial charge is 0.310 e. The predicted molar refractivity (Wildman–Crippen MR) is 66.4 cm³/mol. The van der Waals surface area contributed by atoms with E-state index in [0.29, 0.717) is 22.2 Å². The molecule has 88 valence electrons. The highest BCUT2D eigenvalue weighted by Gasteiger charge is 2.12. The molecule has 2 nitrogen and oxygen atoms in total. The van der Waals surface area contributed by atoms with E-state index in [9.17, 15) is 4.79 Å². The molecule has 0 atom stereocenters. The second kappa shape index (κ2) is 6.33. The first-order valence-corrected chi connectivity index (χ1v) is 6.06. The number of carbonyl (C=O) groups excluding carboxylic acids is 1. The van der Waals surface area contributed by atoms with Gasteiger partial charge in [-0.2, -0.15) is 0 Å². The van der Waals surface area contributed by atoms with E-state index in [0.717, 1.165) is 5.56 Å². The first kappa shape index (κ1) is 13.6. The van der Waals surface area contributed by atoms with Gasteiger partial charge in [-0.25, -0.2) is 0 Å². The van der Waals surface area contributed by atoms with Gasteiger partial charge in [0.25, 0.3) is 0 Å². The van der Waals surface area contributed by atoms with E-state index in [4.69, 9.17) is 39.5 Å². The van der Waals surface area contributed by atoms with E-state index < -0.39 is 0 Å². The minimum atomic E-state index is -0.313. The van der Waals surface area contributed by atoms with Gasteiger partial charge >= 0.3 is 5.97 Å². The van der Waals surface area contributed by atoms with Gasteiger partial charge in [0.15, 0.2) is 0 Å². The maximum Gasteiger partial charge on any atom is 0.310 e. The number of alkyl halides is 1. The number of hydrogen-bond donors (Lipinski definition) is 0. The number of hydrogen-bond acceptors (Lipinski definition) is 2. The molecule has 0 aliphatic heterocycles. The summed E-state index contributed by atoms with van der Waals surface area (Å²) in [4.78, 5) is 11.4. The summed E-state index contributed by atoms with van der Waals surface area (Å²) >= 11 is 17.6. The summed E-state index contributed by atoms with van der Waals surface area (Å²) in [6.45, 7) is 2.11. The van der Waals surface area contributed by atoms with E-state index in [-0.39, 0.29) is 18.3 Å². The van der Waals surface area contributed by atoms with Gasteiger partial charge in [0.2, 0.25) is 0 Å². The van der Waals surface area contributed by atoms with Crippen LogP contribution in [0.25, 0.3) is 0 Å². The van der Waals surface area contributed by atoms with Gasteiger partial charge in [-0.05, 0) is 30.2 Å². The fourth-order valence-corrected chi connectivity index (χ4v) is 2.32. The number of rotatable bonds is 4. The van der Waals surface area contributed by atoms with Crippen LogP contribution >= 0.6 is 34.8 Å². The zero-order valence-electron chi connectivity index (χ0n) is 8.73. The molecule has 0 saturated carbocycles. The third-order valence-electron chi connectivity index (χ3n) is 2.03. The van der Waals surface area contributed by atoms with Gasteiger partial charge in [-0.15, -0.1) is 11.6 Å². The lowest BCUT2D eigenvalue weighted by molar-refractivity contribution is -0.142. The molecule has 16 heavy (non-hydrogen) atoms. The normalized spacial score (nSPS) is 10.2. The average Bonchev–Trinajstić information content (AvgIpc) is 2.17. The van der Waals surface area contributed by atoms with Crippen LogP contribution in [0.4, 0.5) is 0 Å². The highest BCUT2D eigenvalue weighted by molar-refractivity contribution is 6.35. The van der Waals surface area contributed by atoms with Crippen molar-refractivity contribution in [1.29, 1.82) is 0 Å². The molecule has 1 aromatic rings. The first-order valence-electron chi connectivity index (χ1n) is 4.76. The Morgan fingerprint density at radius 1 is 1.38 bits per heavy atom. The second-order valence-electron chi connectivity index (χ2n) is 3.14. The third kappa shape index (κ3) is 3.55. The van der Waals surface area contributed by atoms with Crippen molar-refractivity contribution in [3.05, 3.63) is 33.3 Å². The van der Waals surface area contributed by atoms with Crippen molar-refractivity contribution in [2.75, 3.05) is 6.61 Å². The van der Waals surface area contributed by atoms with Crippen LogP contribution in [0.3, 0.4) is 0 Å². The zero-order chi connectivity index (χ0) is 12.1. The SMILES string of the molecule is CCOC(=O)Cc1cc(Cl)cc(Cl)c1CCl. The number of esters is 1. The van der Waals surface area contributed by atoms with Crippen molar-refractivity contribution in [2.24, 2.45) is 0 Å². The van der Waals surface area contributed by atoms with Gasteiger partial charge in [0, 0.05) is 15.9 Å². The van der Waals surface area contributed by atoms with E-state index >= 15 is 0 Å². The van der Waals surface area contributed by atoms with Gasteiger partial charge in [-0.3, -0.25) is 4.79 Å². The van der Waals surface area contributed by atoms with Gasteiger partial charge in [0.1, 0.15) is 0 Å². The summed E-state index contributed by atoms with van der Waals surface area (Å²) in [5.41, 5.74) is 1.44. The number of carbonyl (C=O) groups is 1. The van der Waals surface area contributed by atoms with Crippen LogP contribution in [0.1, 0.15) is 18.1 Å². The number of benzene rings is 1. The molecule has 0 radical (unpaired) electrons. The molecule has 0 N–H and O–H groups in total. The highest BCUT2D eigenvalue weighted by Crippen LogP contribution is 2.27. The lowest BCUT2D eigenvalue weighted by Gasteiger charge is -2.09. The largest absolute Gasteiger partial charge is 0.466 e. The fourth-order valence-electron chi connectivity index (χ4n) is 1.33. The minimum absolute atomic E-state index is 0.135. The molecule has 1 rings (SSSR count). The molecule has 1 aromatic carbocycles. The number of halogens is 3. The summed E-state index contributed by atoms with van der Waals surface area (Å²) in [7, 11) is 0. The molecule has 0 fully saturated rings. The predicted octanol–water partition coefficient (Wildman–Crippen LogP) is 3.84. The molecule has 0 spiro atoms. The Morgan fingerprint density at radius 3 is 2.62 bits per heavy atom. The molecule has 5 heteroatoms. The van der Waals surface area contributed by atoms with Gasteiger partial charge in [-0.1, -0.05) is 23.2 Å². The van der Waals surface area contributed by atoms with Crippen LogP contribution in [0.5, 0.6) is 0 Å². The summed E-state index contributed by atoms with van der Waals surface area (Å²) in [5.74, 6) is -0.0720. The Balaban J connectivity index is 2.97. The molecule has 0 amide bonds.